The Balaban J connectivity index is 1.90. The number of benzene rings is 1. The fraction of sp³-hybridized carbons (Fsp3) is 0.611. The number of carbonyl (C=O) groups excluding carboxylic acids is 1. The molecular formula is C18H29N3O. The van der Waals surface area contributed by atoms with Crippen molar-refractivity contribution in [2.75, 3.05) is 26.7 Å². The van der Waals surface area contributed by atoms with E-state index in [1.165, 1.54) is 0 Å². The monoisotopic (exact) mass is 303 g/mol. The van der Waals surface area contributed by atoms with Gasteiger partial charge in [0.15, 0.2) is 0 Å². The van der Waals surface area contributed by atoms with E-state index in [1.807, 2.05) is 30.3 Å². The minimum Gasteiger partial charge on any atom is -0.334 e. The van der Waals surface area contributed by atoms with Crippen molar-refractivity contribution in [3.05, 3.63) is 35.9 Å². The molecule has 1 aliphatic heterocycles. The summed E-state index contributed by atoms with van der Waals surface area (Å²) in [7, 11) is 2.15. The second kappa shape index (κ2) is 8.79. The zero-order valence-electron chi connectivity index (χ0n) is 13.9. The van der Waals surface area contributed by atoms with Crippen LogP contribution in [-0.2, 0) is 6.54 Å². The molecule has 1 N–H and O–H groups in total. The third-order valence-corrected chi connectivity index (χ3v) is 4.43. The lowest BCUT2D eigenvalue weighted by molar-refractivity contribution is 0.130. The number of carbonyl (C=O) groups is 1. The van der Waals surface area contributed by atoms with Gasteiger partial charge in [-0.1, -0.05) is 43.7 Å². The number of unbranched alkanes of at least 4 members (excludes halogenated alkanes) is 1. The van der Waals surface area contributed by atoms with Gasteiger partial charge in [0, 0.05) is 19.1 Å². The van der Waals surface area contributed by atoms with Gasteiger partial charge in [0.25, 0.3) is 0 Å². The van der Waals surface area contributed by atoms with Crippen molar-refractivity contribution in [3.63, 3.8) is 0 Å². The molecule has 1 aromatic carbocycles. The van der Waals surface area contributed by atoms with Crippen LogP contribution in [0.4, 0.5) is 4.79 Å². The highest BCUT2D eigenvalue weighted by molar-refractivity contribution is 5.74. The summed E-state index contributed by atoms with van der Waals surface area (Å²) in [5.74, 6) is 0. The Bertz CT molecular complexity index is 441. The molecule has 0 unspecified atom stereocenters. The standard InChI is InChI=1S/C18H29N3O/c1-3-4-12-21(17-10-13-20(2)14-11-17)18(22)19-15-16-8-6-5-7-9-16/h5-9,17H,3-4,10-15H2,1-2H3,(H,19,22). The molecule has 0 atom stereocenters. The van der Waals surface area contributed by atoms with Crippen molar-refractivity contribution >= 4 is 6.03 Å². The van der Waals surface area contributed by atoms with Gasteiger partial charge in [0.2, 0.25) is 0 Å². The van der Waals surface area contributed by atoms with Crippen molar-refractivity contribution in [3.8, 4) is 0 Å². The van der Waals surface area contributed by atoms with Gasteiger partial charge in [-0.3, -0.25) is 0 Å². The zero-order chi connectivity index (χ0) is 15.8. The minimum absolute atomic E-state index is 0.0897. The highest BCUT2D eigenvalue weighted by Crippen LogP contribution is 2.16. The summed E-state index contributed by atoms with van der Waals surface area (Å²) >= 11 is 0. The molecule has 0 bridgehead atoms. The molecule has 1 saturated heterocycles. The van der Waals surface area contributed by atoms with Gasteiger partial charge in [-0.15, -0.1) is 0 Å². The van der Waals surface area contributed by atoms with Crippen molar-refractivity contribution in [2.24, 2.45) is 0 Å². The fourth-order valence-electron chi connectivity index (χ4n) is 2.96. The van der Waals surface area contributed by atoms with Gasteiger partial charge in [-0.05, 0) is 45.0 Å². The number of nitrogens with one attached hydrogen (secondary N) is 1. The Morgan fingerprint density at radius 3 is 2.59 bits per heavy atom. The predicted molar refractivity (Wildman–Crippen MR) is 90.8 cm³/mol. The highest BCUT2D eigenvalue weighted by atomic mass is 16.2. The van der Waals surface area contributed by atoms with Crippen LogP contribution in [-0.4, -0.2) is 48.6 Å². The molecule has 0 aliphatic carbocycles. The first-order valence-electron chi connectivity index (χ1n) is 8.47. The number of amides is 2. The summed E-state index contributed by atoms with van der Waals surface area (Å²) in [6.07, 6.45) is 4.36. The smallest absolute Gasteiger partial charge is 0.317 e. The largest absolute Gasteiger partial charge is 0.334 e. The van der Waals surface area contributed by atoms with Gasteiger partial charge in [-0.25, -0.2) is 4.79 Å². The SMILES string of the molecule is CCCCN(C(=O)NCc1ccccc1)C1CCN(C)CC1. The minimum atomic E-state index is 0.0897. The Morgan fingerprint density at radius 2 is 1.95 bits per heavy atom. The molecule has 2 amide bonds. The molecule has 0 saturated carbocycles. The Labute approximate surface area is 134 Å². The predicted octanol–water partition coefficient (Wildman–Crippen LogP) is 3.09. The second-order valence-corrected chi connectivity index (χ2v) is 6.23. The van der Waals surface area contributed by atoms with Crippen LogP contribution in [0.25, 0.3) is 0 Å². The topological polar surface area (TPSA) is 35.6 Å². The molecule has 22 heavy (non-hydrogen) atoms. The summed E-state index contributed by atoms with van der Waals surface area (Å²) < 4.78 is 0. The van der Waals surface area contributed by atoms with E-state index in [1.54, 1.807) is 0 Å². The van der Waals surface area contributed by atoms with E-state index >= 15 is 0 Å². The molecule has 122 valence electrons. The first-order chi connectivity index (χ1) is 10.7. The van der Waals surface area contributed by atoms with Crippen LogP contribution in [0.1, 0.15) is 38.2 Å². The number of nitrogens with zero attached hydrogens (tertiary/aromatic N) is 2. The van der Waals surface area contributed by atoms with Crippen LogP contribution in [0.2, 0.25) is 0 Å². The average Bonchev–Trinajstić information content (AvgIpc) is 2.56. The van der Waals surface area contributed by atoms with Crippen LogP contribution in [0.3, 0.4) is 0 Å². The van der Waals surface area contributed by atoms with E-state index in [0.717, 1.165) is 50.9 Å². The van der Waals surface area contributed by atoms with Crippen LogP contribution in [0.15, 0.2) is 30.3 Å². The van der Waals surface area contributed by atoms with E-state index in [0.29, 0.717) is 12.6 Å². The number of hydrogen-bond acceptors (Lipinski definition) is 2. The Kier molecular flexibility index (Phi) is 6.72. The number of likely N-dealkylation sites (tertiary alicyclic amines) is 1. The molecule has 0 spiro atoms. The molecule has 0 aromatic heterocycles. The fourth-order valence-corrected chi connectivity index (χ4v) is 2.96. The van der Waals surface area contributed by atoms with Crippen LogP contribution in [0.5, 0.6) is 0 Å². The van der Waals surface area contributed by atoms with Gasteiger partial charge in [-0.2, -0.15) is 0 Å². The van der Waals surface area contributed by atoms with Gasteiger partial charge >= 0.3 is 6.03 Å². The normalized spacial score (nSPS) is 16.5. The molecule has 2 rings (SSSR count). The van der Waals surface area contributed by atoms with Crippen molar-refractivity contribution in [1.29, 1.82) is 0 Å². The maximum absolute atomic E-state index is 12.6. The molecule has 0 radical (unpaired) electrons. The first-order valence-corrected chi connectivity index (χ1v) is 8.47. The lowest BCUT2D eigenvalue weighted by atomic mass is 10.0. The maximum Gasteiger partial charge on any atom is 0.317 e. The van der Waals surface area contributed by atoms with E-state index < -0.39 is 0 Å². The lowest BCUT2D eigenvalue weighted by Gasteiger charge is -2.37. The van der Waals surface area contributed by atoms with E-state index in [-0.39, 0.29) is 6.03 Å². The maximum atomic E-state index is 12.6. The Hall–Kier alpha value is -1.55. The summed E-state index contributed by atoms with van der Waals surface area (Å²) in [4.78, 5) is 17.0. The van der Waals surface area contributed by atoms with Crippen molar-refractivity contribution < 1.29 is 4.79 Å². The van der Waals surface area contributed by atoms with Crippen LogP contribution in [0, 0.1) is 0 Å². The van der Waals surface area contributed by atoms with Gasteiger partial charge in [0.05, 0.1) is 0 Å². The zero-order valence-corrected chi connectivity index (χ0v) is 13.9. The molecule has 1 aromatic rings. The van der Waals surface area contributed by atoms with Crippen molar-refractivity contribution in [2.45, 2.75) is 45.2 Å². The highest BCUT2D eigenvalue weighted by Gasteiger charge is 2.26. The van der Waals surface area contributed by atoms with E-state index in [4.69, 9.17) is 0 Å². The third-order valence-electron chi connectivity index (χ3n) is 4.43. The Morgan fingerprint density at radius 1 is 1.27 bits per heavy atom. The third kappa shape index (κ3) is 5.02. The number of rotatable bonds is 6. The van der Waals surface area contributed by atoms with Gasteiger partial charge in [0.1, 0.15) is 0 Å². The molecule has 4 nitrogen and oxygen atoms in total. The van der Waals surface area contributed by atoms with Crippen LogP contribution >= 0.6 is 0 Å². The summed E-state index contributed by atoms with van der Waals surface area (Å²) in [5, 5.41) is 3.09. The summed E-state index contributed by atoms with van der Waals surface area (Å²) in [6.45, 7) is 5.81. The molecule has 1 aliphatic rings. The van der Waals surface area contributed by atoms with E-state index in [2.05, 4.69) is 29.1 Å². The molecule has 1 heterocycles. The molecular weight excluding hydrogens is 274 g/mol. The van der Waals surface area contributed by atoms with E-state index in [9.17, 15) is 4.79 Å². The number of urea groups is 1. The molecule has 4 heteroatoms. The average molecular weight is 303 g/mol. The molecule has 1 fully saturated rings. The quantitative estimate of drug-likeness (QED) is 0.876. The first kappa shape index (κ1) is 16.8. The summed E-state index contributed by atoms with van der Waals surface area (Å²) in [5.41, 5.74) is 1.15. The summed E-state index contributed by atoms with van der Waals surface area (Å²) in [6, 6.07) is 10.6. The second-order valence-electron chi connectivity index (χ2n) is 6.23. The number of piperidine rings is 1. The van der Waals surface area contributed by atoms with Gasteiger partial charge < -0.3 is 15.1 Å². The van der Waals surface area contributed by atoms with Crippen LogP contribution < -0.4 is 5.32 Å². The lowest BCUT2D eigenvalue weighted by Crippen LogP contribution is -2.50. The number of hydrogen-bond donors (Lipinski definition) is 1. The van der Waals surface area contributed by atoms with Crippen molar-refractivity contribution in [1.82, 2.24) is 15.1 Å².